The molecule has 0 unspecified atom stereocenters. The van der Waals surface area contributed by atoms with E-state index in [2.05, 4.69) is 126 Å². The fourth-order valence-electron chi connectivity index (χ4n) is 5.63. The smallest absolute Gasteiger partial charge is 0.128 e. The molecule has 2 aromatic carbocycles. The predicted octanol–water partition coefficient (Wildman–Crippen LogP) is 13.8. The topological polar surface area (TPSA) is 36.9 Å². The van der Waals surface area contributed by atoms with Gasteiger partial charge in [0.15, 0.2) is 0 Å². The van der Waals surface area contributed by atoms with Crippen molar-refractivity contribution < 1.29 is 18.9 Å². The molecule has 49 heavy (non-hydrogen) atoms. The summed E-state index contributed by atoms with van der Waals surface area (Å²) in [5.74, 6) is 6.24. The van der Waals surface area contributed by atoms with Crippen molar-refractivity contribution in [2.24, 2.45) is 29.1 Å². The van der Waals surface area contributed by atoms with Gasteiger partial charge in [0.2, 0.25) is 0 Å². The van der Waals surface area contributed by atoms with Crippen LogP contribution in [0.2, 0.25) is 0 Å². The Hall–Kier alpha value is -2.62. The van der Waals surface area contributed by atoms with Gasteiger partial charge in [0.05, 0.1) is 26.4 Å². The van der Waals surface area contributed by atoms with E-state index >= 15 is 0 Å². The zero-order valence-electron chi connectivity index (χ0n) is 34.0. The first-order chi connectivity index (χ1) is 23.3. The fraction of sp³-hybridized carbons (Fsp3) is 0.689. The average molecular weight is 679 g/mol. The number of benzene rings is 2. The van der Waals surface area contributed by atoms with Gasteiger partial charge in [-0.15, -0.1) is 0 Å². The summed E-state index contributed by atoms with van der Waals surface area (Å²) >= 11 is 0. The molecule has 2 aromatic rings. The van der Waals surface area contributed by atoms with Crippen LogP contribution < -0.4 is 18.9 Å². The highest BCUT2D eigenvalue weighted by Gasteiger charge is 2.24. The summed E-state index contributed by atoms with van der Waals surface area (Å²) in [6.45, 7) is 32.1. The van der Waals surface area contributed by atoms with Gasteiger partial charge in [-0.05, 0) is 111 Å². The van der Waals surface area contributed by atoms with Gasteiger partial charge in [-0.2, -0.15) is 0 Å². The second kappa shape index (κ2) is 21.6. The molecule has 0 aliphatic carbocycles. The highest BCUT2D eigenvalue weighted by Crippen LogP contribution is 2.46. The van der Waals surface area contributed by atoms with E-state index in [0.29, 0.717) is 56.0 Å². The minimum atomic E-state index is 0.122. The molecular formula is C45H74O4. The van der Waals surface area contributed by atoms with Crippen LogP contribution in [0.5, 0.6) is 23.0 Å². The minimum Gasteiger partial charge on any atom is -0.493 e. The van der Waals surface area contributed by atoms with E-state index in [-0.39, 0.29) is 5.41 Å². The minimum absolute atomic E-state index is 0.122. The molecule has 0 atom stereocenters. The Morgan fingerprint density at radius 1 is 0.531 bits per heavy atom. The summed E-state index contributed by atoms with van der Waals surface area (Å²) in [6, 6.07) is 8.92. The number of rotatable bonds is 24. The third kappa shape index (κ3) is 14.3. The first-order valence-corrected chi connectivity index (χ1v) is 19.8. The summed E-state index contributed by atoms with van der Waals surface area (Å²) in [5.41, 5.74) is 4.43. The van der Waals surface area contributed by atoms with Gasteiger partial charge in [-0.1, -0.05) is 102 Å². The van der Waals surface area contributed by atoms with Crippen molar-refractivity contribution in [3.63, 3.8) is 0 Å². The average Bonchev–Trinajstić information content (AvgIpc) is 3.04. The lowest BCUT2D eigenvalue weighted by atomic mass is 9.84. The number of hydrogen-bond donors (Lipinski definition) is 0. The van der Waals surface area contributed by atoms with Crippen LogP contribution in [0.25, 0.3) is 17.2 Å². The Balaban J connectivity index is 2.93. The van der Waals surface area contributed by atoms with E-state index in [0.717, 1.165) is 91.1 Å². The summed E-state index contributed by atoms with van der Waals surface area (Å²) in [7, 11) is 0. The van der Waals surface area contributed by atoms with Gasteiger partial charge in [0.1, 0.15) is 23.0 Å². The van der Waals surface area contributed by atoms with Gasteiger partial charge in [-0.25, -0.2) is 0 Å². The molecule has 2 rings (SSSR count). The van der Waals surface area contributed by atoms with Crippen LogP contribution in [-0.2, 0) is 0 Å². The lowest BCUT2D eigenvalue weighted by Crippen LogP contribution is -2.10. The summed E-state index contributed by atoms with van der Waals surface area (Å²) in [6.07, 6.45) is 12.9. The van der Waals surface area contributed by atoms with Crippen molar-refractivity contribution in [2.45, 2.75) is 147 Å². The van der Waals surface area contributed by atoms with Crippen LogP contribution in [0.1, 0.15) is 158 Å². The van der Waals surface area contributed by atoms with E-state index in [1.54, 1.807) is 0 Å². The van der Waals surface area contributed by atoms with Gasteiger partial charge in [0, 0.05) is 22.3 Å². The Kier molecular flexibility index (Phi) is 18.7. The Morgan fingerprint density at radius 3 is 1.33 bits per heavy atom. The van der Waals surface area contributed by atoms with E-state index in [9.17, 15) is 0 Å². The molecule has 278 valence electrons. The molecule has 0 fully saturated rings. The molecule has 0 spiro atoms. The van der Waals surface area contributed by atoms with Crippen molar-refractivity contribution >= 4 is 6.08 Å². The van der Waals surface area contributed by atoms with Crippen LogP contribution in [0, 0.1) is 29.1 Å². The van der Waals surface area contributed by atoms with Crippen molar-refractivity contribution in [2.75, 3.05) is 26.4 Å². The molecule has 0 N–H and O–H groups in total. The Labute approximate surface area is 302 Å². The lowest BCUT2D eigenvalue weighted by Gasteiger charge is -2.24. The third-order valence-corrected chi connectivity index (χ3v) is 10.0. The Bertz CT molecular complexity index is 1250. The summed E-state index contributed by atoms with van der Waals surface area (Å²) < 4.78 is 26.7. The number of ether oxygens (including phenoxy) is 4. The van der Waals surface area contributed by atoms with Crippen LogP contribution in [0.4, 0.5) is 0 Å². The maximum Gasteiger partial charge on any atom is 0.128 e. The quantitative estimate of drug-likeness (QED) is 0.111. The van der Waals surface area contributed by atoms with Crippen molar-refractivity contribution in [3.05, 3.63) is 41.5 Å². The lowest BCUT2D eigenvalue weighted by molar-refractivity contribution is 0.277. The van der Waals surface area contributed by atoms with E-state index in [1.165, 1.54) is 5.56 Å². The highest BCUT2D eigenvalue weighted by atomic mass is 16.5. The van der Waals surface area contributed by atoms with Gasteiger partial charge < -0.3 is 18.9 Å². The van der Waals surface area contributed by atoms with Gasteiger partial charge in [-0.3, -0.25) is 0 Å². The molecule has 0 aliphatic rings. The molecule has 0 heterocycles. The molecule has 0 radical (unpaired) electrons. The van der Waals surface area contributed by atoms with E-state index < -0.39 is 0 Å². The molecule has 0 amide bonds. The van der Waals surface area contributed by atoms with Gasteiger partial charge >= 0.3 is 0 Å². The predicted molar refractivity (Wildman–Crippen MR) is 213 cm³/mol. The SMILES string of the molecule is CCC(CC)c1cc(OCCC(C)C)c(-c2cc(OCCC(C)C)c(/C=C/C(C)(CC)CC)cc2OCCC(C)C)cc1OCCC(C)C. The van der Waals surface area contributed by atoms with E-state index in [1.807, 2.05) is 0 Å². The van der Waals surface area contributed by atoms with Crippen LogP contribution in [0.15, 0.2) is 30.3 Å². The van der Waals surface area contributed by atoms with Gasteiger partial charge in [0.25, 0.3) is 0 Å². The summed E-state index contributed by atoms with van der Waals surface area (Å²) in [5, 5.41) is 0. The van der Waals surface area contributed by atoms with Crippen LogP contribution in [-0.4, -0.2) is 26.4 Å². The normalized spacial score (nSPS) is 12.4. The van der Waals surface area contributed by atoms with Crippen molar-refractivity contribution in [1.82, 2.24) is 0 Å². The standard InChI is InChI=1S/C45H74O4/c1-14-36(15-2)38-29-44(49-27-22-35(11)12)40(31-43(38)48-26-21-34(9)10)39-30-41(46-24-19-32(5)6)37(18-23-45(13,16-3)17-4)28-42(39)47-25-20-33(7)8/h18,23,28-36H,14-17,19-22,24-27H2,1-13H3/b23-18+. The molecule has 4 heteroatoms. The molecule has 0 aliphatic heterocycles. The first-order valence-electron chi connectivity index (χ1n) is 19.8. The molecule has 0 aromatic heterocycles. The number of hydrogen-bond acceptors (Lipinski definition) is 4. The molecule has 0 saturated heterocycles. The molecule has 4 nitrogen and oxygen atoms in total. The fourth-order valence-corrected chi connectivity index (χ4v) is 5.63. The van der Waals surface area contributed by atoms with Crippen molar-refractivity contribution in [1.29, 1.82) is 0 Å². The second-order valence-electron chi connectivity index (χ2n) is 16.1. The highest BCUT2D eigenvalue weighted by molar-refractivity contribution is 5.81. The third-order valence-electron chi connectivity index (χ3n) is 10.0. The first kappa shape index (κ1) is 42.5. The maximum atomic E-state index is 6.72. The largest absolute Gasteiger partial charge is 0.493 e. The Morgan fingerprint density at radius 2 is 0.918 bits per heavy atom. The van der Waals surface area contributed by atoms with Crippen LogP contribution in [0.3, 0.4) is 0 Å². The van der Waals surface area contributed by atoms with Crippen molar-refractivity contribution in [3.8, 4) is 34.1 Å². The van der Waals surface area contributed by atoms with Crippen LogP contribution >= 0.6 is 0 Å². The zero-order valence-corrected chi connectivity index (χ0v) is 34.0. The second-order valence-corrected chi connectivity index (χ2v) is 16.1. The molecule has 0 saturated carbocycles. The summed E-state index contributed by atoms with van der Waals surface area (Å²) in [4.78, 5) is 0. The molecular weight excluding hydrogens is 604 g/mol. The van der Waals surface area contributed by atoms with E-state index in [4.69, 9.17) is 18.9 Å². The molecule has 0 bridgehead atoms. The monoisotopic (exact) mass is 679 g/mol. The number of allylic oxidation sites excluding steroid dienone is 1. The zero-order chi connectivity index (χ0) is 36.6. The maximum absolute atomic E-state index is 6.72.